The average molecular weight is 624 g/mol. The van der Waals surface area contributed by atoms with E-state index in [0.717, 1.165) is 91.0 Å². The van der Waals surface area contributed by atoms with Crippen molar-refractivity contribution < 1.29 is 18.9 Å². The number of rotatable bonds is 22. The van der Waals surface area contributed by atoms with Crippen LogP contribution in [0.3, 0.4) is 0 Å². The lowest BCUT2D eigenvalue weighted by atomic mass is 9.47. The summed E-state index contributed by atoms with van der Waals surface area (Å²) in [5.74, 6) is 3.99. The van der Waals surface area contributed by atoms with Crippen molar-refractivity contribution in [1.29, 1.82) is 0 Å². The summed E-state index contributed by atoms with van der Waals surface area (Å²) in [6, 6.07) is 0. The summed E-state index contributed by atoms with van der Waals surface area (Å²) in [6.07, 6.45) is 15.4. The molecule has 5 unspecified atom stereocenters. The van der Waals surface area contributed by atoms with Gasteiger partial charge in [0, 0.05) is 39.6 Å². The van der Waals surface area contributed by atoms with Crippen LogP contribution in [0, 0.1) is 46.3 Å². The Morgan fingerprint density at radius 3 is 2.11 bits per heavy atom. The molecule has 44 heavy (non-hydrogen) atoms. The third-order valence-electron chi connectivity index (χ3n) is 12.6. The molecule has 0 heterocycles. The van der Waals surface area contributed by atoms with Gasteiger partial charge in [0.1, 0.15) is 0 Å². The minimum absolute atomic E-state index is 0.216. The van der Waals surface area contributed by atoms with Crippen molar-refractivity contribution >= 4 is 0 Å². The van der Waals surface area contributed by atoms with Crippen LogP contribution in [0.25, 0.3) is 0 Å². The maximum Gasteiger partial charge on any atom is 0.0637 e. The Bertz CT molecular complexity index is 773. The quantitative estimate of drug-likeness (QED) is 0.117. The molecule has 0 bridgehead atoms. The molecule has 0 aromatic rings. The van der Waals surface area contributed by atoms with Crippen molar-refractivity contribution in [1.82, 2.24) is 0 Å². The van der Waals surface area contributed by atoms with Crippen LogP contribution < -0.4 is 17.2 Å². The zero-order valence-corrected chi connectivity index (χ0v) is 29.5. The molecule has 3 aliphatic rings. The fourth-order valence-electron chi connectivity index (χ4n) is 10.1. The van der Waals surface area contributed by atoms with Crippen LogP contribution in [-0.2, 0) is 18.9 Å². The summed E-state index contributed by atoms with van der Waals surface area (Å²) in [6.45, 7) is 19.5. The third kappa shape index (κ3) is 9.64. The smallest absolute Gasteiger partial charge is 0.0637 e. The van der Waals surface area contributed by atoms with Gasteiger partial charge in [-0.2, -0.15) is 0 Å². The van der Waals surface area contributed by atoms with E-state index in [1.807, 2.05) is 0 Å². The van der Waals surface area contributed by atoms with Crippen molar-refractivity contribution in [3.63, 3.8) is 0 Å². The Labute approximate surface area is 271 Å². The Morgan fingerprint density at radius 2 is 1.41 bits per heavy atom. The topological polar surface area (TPSA) is 115 Å². The van der Waals surface area contributed by atoms with Crippen LogP contribution >= 0.6 is 0 Å². The first-order chi connectivity index (χ1) is 21.3. The molecule has 0 aromatic heterocycles. The molecule has 6 N–H and O–H groups in total. The highest BCUT2D eigenvalue weighted by Crippen LogP contribution is 2.66. The van der Waals surface area contributed by atoms with E-state index in [4.69, 9.17) is 36.1 Å². The normalized spacial score (nSPS) is 36.4. The first-order valence-electron chi connectivity index (χ1n) is 18.8. The molecule has 3 fully saturated rings. The summed E-state index contributed by atoms with van der Waals surface area (Å²) in [4.78, 5) is 0. The van der Waals surface area contributed by atoms with Gasteiger partial charge in [0.2, 0.25) is 0 Å². The molecule has 0 amide bonds. The molecule has 0 aromatic carbocycles. The predicted octanol–water partition coefficient (Wildman–Crippen LogP) is 6.55. The molecule has 10 atom stereocenters. The summed E-state index contributed by atoms with van der Waals surface area (Å²) in [5.41, 5.74) is 17.9. The second-order valence-corrected chi connectivity index (χ2v) is 15.2. The van der Waals surface area contributed by atoms with E-state index in [1.165, 1.54) is 32.1 Å². The Balaban J connectivity index is 1.80. The van der Waals surface area contributed by atoms with Crippen LogP contribution in [-0.4, -0.2) is 71.5 Å². The summed E-state index contributed by atoms with van der Waals surface area (Å²) >= 11 is 0. The second-order valence-electron chi connectivity index (χ2n) is 15.2. The van der Waals surface area contributed by atoms with E-state index < -0.39 is 0 Å². The van der Waals surface area contributed by atoms with Gasteiger partial charge in [0.25, 0.3) is 0 Å². The van der Waals surface area contributed by atoms with E-state index in [2.05, 4.69) is 34.6 Å². The largest absolute Gasteiger partial charge is 0.381 e. The summed E-state index contributed by atoms with van der Waals surface area (Å²) in [7, 11) is 0. The molecule has 260 valence electrons. The highest BCUT2D eigenvalue weighted by atomic mass is 16.5. The molecule has 3 rings (SSSR count). The molecule has 0 aliphatic heterocycles. The summed E-state index contributed by atoms with van der Waals surface area (Å²) in [5, 5.41) is 0. The van der Waals surface area contributed by atoms with E-state index in [9.17, 15) is 0 Å². The van der Waals surface area contributed by atoms with Crippen LogP contribution in [0.2, 0.25) is 0 Å². The maximum atomic E-state index is 6.96. The van der Waals surface area contributed by atoms with Crippen molar-refractivity contribution in [2.24, 2.45) is 63.5 Å². The highest BCUT2D eigenvalue weighted by molar-refractivity contribution is 5.10. The predicted molar refractivity (Wildman–Crippen MR) is 182 cm³/mol. The Hall–Kier alpha value is -0.280. The molecule has 7 nitrogen and oxygen atoms in total. The average Bonchev–Trinajstić information content (AvgIpc) is 3.38. The van der Waals surface area contributed by atoms with Gasteiger partial charge in [-0.3, -0.25) is 0 Å². The number of ether oxygens (including phenoxy) is 4. The molecule has 0 radical (unpaired) electrons. The SMILES string of the molecule is CCCOCCCC(C)C1CC[C@H]2[C@H](C)[C@@H](C3(C)CC[C@@H](OCCCN)CC3CCOCCCN)C[C@H](OCCCN)C12C. The number of hydrogen-bond acceptors (Lipinski definition) is 7. The van der Waals surface area contributed by atoms with E-state index in [-0.39, 0.29) is 10.8 Å². The second kappa shape index (κ2) is 19.5. The van der Waals surface area contributed by atoms with Crippen LogP contribution in [0.4, 0.5) is 0 Å². The third-order valence-corrected chi connectivity index (χ3v) is 12.6. The van der Waals surface area contributed by atoms with Gasteiger partial charge in [-0.15, -0.1) is 0 Å². The number of hydrogen-bond donors (Lipinski definition) is 3. The van der Waals surface area contributed by atoms with Crippen LogP contribution in [0.15, 0.2) is 0 Å². The molecule has 0 spiro atoms. The zero-order valence-electron chi connectivity index (χ0n) is 29.5. The minimum atomic E-state index is 0.216. The highest BCUT2D eigenvalue weighted by Gasteiger charge is 2.62. The van der Waals surface area contributed by atoms with Gasteiger partial charge >= 0.3 is 0 Å². The first kappa shape index (κ1) is 38.2. The Kier molecular flexibility index (Phi) is 16.9. The lowest BCUT2D eigenvalue weighted by molar-refractivity contribution is -0.173. The van der Waals surface area contributed by atoms with Gasteiger partial charge < -0.3 is 36.1 Å². The van der Waals surface area contributed by atoms with E-state index in [1.54, 1.807) is 0 Å². The minimum Gasteiger partial charge on any atom is -0.381 e. The van der Waals surface area contributed by atoms with E-state index >= 15 is 0 Å². The van der Waals surface area contributed by atoms with Crippen LogP contribution in [0.1, 0.15) is 118 Å². The fraction of sp³-hybridized carbons (Fsp3) is 1.00. The number of nitrogens with two attached hydrogens (primary N) is 3. The lowest BCUT2D eigenvalue weighted by Crippen LogP contribution is -2.57. The van der Waals surface area contributed by atoms with E-state index in [0.29, 0.717) is 67.3 Å². The van der Waals surface area contributed by atoms with Crippen LogP contribution in [0.5, 0.6) is 0 Å². The lowest BCUT2D eigenvalue weighted by Gasteiger charge is -2.60. The zero-order chi connectivity index (χ0) is 32.0. The standard InChI is InChI=1S/C37H73N3O4/c1-6-20-41-21-7-11-28(2)32-12-13-33-29(3)34(27-35(37(32,33)5)44-24-10-19-40)36(4)16-14-31(43-23-9-18-39)26-30(36)15-25-42-22-8-17-38/h28-35H,6-27,38-40H2,1-5H3/t28?,29-,30?,31+,32?,33-,34-,35-,36?,37?/m0/s1. The van der Waals surface area contributed by atoms with Crippen molar-refractivity contribution in [3.8, 4) is 0 Å². The monoisotopic (exact) mass is 624 g/mol. The van der Waals surface area contributed by atoms with Gasteiger partial charge in [-0.25, -0.2) is 0 Å². The molecule has 3 saturated carbocycles. The first-order valence-corrected chi connectivity index (χ1v) is 18.8. The van der Waals surface area contributed by atoms with Gasteiger partial charge in [0.15, 0.2) is 0 Å². The van der Waals surface area contributed by atoms with Gasteiger partial charge in [0.05, 0.1) is 12.2 Å². The molecule has 7 heteroatoms. The van der Waals surface area contributed by atoms with Crippen molar-refractivity contribution in [3.05, 3.63) is 0 Å². The Morgan fingerprint density at radius 1 is 0.750 bits per heavy atom. The molecular weight excluding hydrogens is 550 g/mol. The van der Waals surface area contributed by atoms with Crippen molar-refractivity contribution in [2.75, 3.05) is 59.3 Å². The van der Waals surface area contributed by atoms with Gasteiger partial charge in [-0.1, -0.05) is 34.6 Å². The van der Waals surface area contributed by atoms with Crippen molar-refractivity contribution in [2.45, 2.75) is 130 Å². The molecule has 0 saturated heterocycles. The molecular formula is C37H73N3O4. The van der Waals surface area contributed by atoms with Gasteiger partial charge in [-0.05, 0) is 149 Å². The summed E-state index contributed by atoms with van der Waals surface area (Å²) < 4.78 is 25.3. The number of fused-ring (bicyclic) bond motifs is 1. The fourth-order valence-corrected chi connectivity index (χ4v) is 10.1. The molecule has 3 aliphatic carbocycles. The maximum absolute atomic E-state index is 6.96.